The summed E-state index contributed by atoms with van der Waals surface area (Å²) in [4.78, 5) is 0. The van der Waals surface area contributed by atoms with Crippen molar-refractivity contribution in [2.75, 3.05) is 0 Å². The monoisotopic (exact) mass is 714 g/mol. The van der Waals surface area contributed by atoms with E-state index in [0.717, 1.165) is 58.3 Å². The van der Waals surface area contributed by atoms with Crippen LogP contribution in [0, 0.1) is 0 Å². The summed E-state index contributed by atoms with van der Waals surface area (Å²) in [6.45, 7) is 4.03. The summed E-state index contributed by atoms with van der Waals surface area (Å²) in [7, 11) is 0. The van der Waals surface area contributed by atoms with E-state index in [4.69, 9.17) is 0 Å². The maximum Gasteiger partial charge on any atom is 0.208 e. The fourth-order valence-electron chi connectivity index (χ4n) is 9.25. The van der Waals surface area contributed by atoms with Crippen molar-refractivity contribution in [2.45, 2.75) is 58.3 Å². The van der Waals surface area contributed by atoms with E-state index >= 15 is 0 Å². The van der Waals surface area contributed by atoms with E-state index in [-0.39, 0.29) is 0 Å². The van der Waals surface area contributed by atoms with Gasteiger partial charge in [-0.05, 0) is 66.8 Å². The standard InChI is InChI=1S/C51H46N4/c1-4-18-38(19-5-1)50-44(36-40-28-34-52-30-16-12-24-46(40)52)42-22-8-10-26-48(42)54(50)32-14-3-15-33-55-49-27-11-9-23-43(49)45(51(55)39-20-6-2-7-21-39)37-41-29-35-53-31-17-13-25-47(41)53/h1-2,4-13,16-27,30-31,36-37H,3,14-15,28-29,32-35H2/q+2. The lowest BCUT2D eigenvalue weighted by atomic mass is 10.0. The van der Waals surface area contributed by atoms with Gasteiger partial charge in [0.2, 0.25) is 11.4 Å². The Labute approximate surface area is 323 Å². The Morgan fingerprint density at radius 1 is 0.436 bits per heavy atom. The van der Waals surface area contributed by atoms with E-state index in [1.54, 1.807) is 0 Å². The smallest absolute Gasteiger partial charge is 0.208 e. The van der Waals surface area contributed by atoms with Gasteiger partial charge in [-0.25, -0.2) is 0 Å². The molecular formula is C51H46N4+2. The van der Waals surface area contributed by atoms with Gasteiger partial charge in [0.15, 0.2) is 25.5 Å². The van der Waals surface area contributed by atoms with Crippen molar-refractivity contribution in [1.29, 1.82) is 0 Å². The van der Waals surface area contributed by atoms with Crippen LogP contribution in [0.3, 0.4) is 0 Å². The fourth-order valence-corrected chi connectivity index (χ4v) is 9.25. The summed E-state index contributed by atoms with van der Waals surface area (Å²) >= 11 is 0. The molecule has 2 aliphatic rings. The molecule has 0 fully saturated rings. The molecule has 8 aromatic rings. The molecule has 6 heterocycles. The second-order valence-electron chi connectivity index (χ2n) is 15.1. The number of hydrogen-bond donors (Lipinski definition) is 0. The third kappa shape index (κ3) is 6.12. The maximum absolute atomic E-state index is 2.60. The molecule has 0 unspecified atom stereocenters. The van der Waals surface area contributed by atoms with Crippen LogP contribution in [0.25, 0.3) is 67.6 Å². The highest BCUT2D eigenvalue weighted by atomic mass is 15.0. The fraction of sp³-hybridized carbons (Fsp3) is 0.176. The molecule has 0 saturated heterocycles. The molecular weight excluding hydrogens is 669 g/mol. The summed E-state index contributed by atoms with van der Waals surface area (Å²) in [6.07, 6.45) is 14.9. The lowest BCUT2D eigenvalue weighted by Gasteiger charge is -2.14. The van der Waals surface area contributed by atoms with Gasteiger partial charge in [-0.1, -0.05) is 97.1 Å². The molecule has 0 N–H and O–H groups in total. The normalized spacial score (nSPS) is 15.1. The van der Waals surface area contributed by atoms with Gasteiger partial charge < -0.3 is 9.13 Å². The first-order valence-electron chi connectivity index (χ1n) is 20.0. The van der Waals surface area contributed by atoms with Crippen LogP contribution in [-0.2, 0) is 26.2 Å². The van der Waals surface area contributed by atoms with Crippen LogP contribution in [0.15, 0.2) is 158 Å². The highest BCUT2D eigenvalue weighted by Crippen LogP contribution is 2.40. The zero-order chi connectivity index (χ0) is 36.6. The average Bonchev–Trinajstić information content (AvgIpc) is 4.01. The molecule has 0 aliphatic carbocycles. The second kappa shape index (κ2) is 14.5. The number of hydrogen-bond acceptors (Lipinski definition) is 0. The van der Waals surface area contributed by atoms with Gasteiger partial charge >= 0.3 is 0 Å². The third-order valence-corrected chi connectivity index (χ3v) is 11.8. The first-order chi connectivity index (χ1) is 27.3. The van der Waals surface area contributed by atoms with Crippen molar-refractivity contribution in [3.05, 3.63) is 181 Å². The molecule has 10 rings (SSSR count). The van der Waals surface area contributed by atoms with E-state index in [1.165, 1.54) is 78.0 Å². The van der Waals surface area contributed by atoms with Gasteiger partial charge in [0.1, 0.15) is 0 Å². The number of fused-ring (bicyclic) bond motifs is 4. The molecule has 0 atom stereocenters. The van der Waals surface area contributed by atoms with Crippen molar-refractivity contribution in [3.63, 3.8) is 0 Å². The lowest BCUT2D eigenvalue weighted by Crippen LogP contribution is -2.31. The molecule has 55 heavy (non-hydrogen) atoms. The lowest BCUT2D eigenvalue weighted by molar-refractivity contribution is -0.689. The van der Waals surface area contributed by atoms with Gasteiger partial charge in [0.05, 0.1) is 11.4 Å². The topological polar surface area (TPSA) is 17.6 Å². The van der Waals surface area contributed by atoms with Crippen LogP contribution in [0.5, 0.6) is 0 Å². The van der Waals surface area contributed by atoms with Crippen LogP contribution in [0.2, 0.25) is 0 Å². The van der Waals surface area contributed by atoms with E-state index < -0.39 is 0 Å². The van der Waals surface area contributed by atoms with Gasteiger partial charge in [-0.3, -0.25) is 0 Å². The molecule has 0 spiro atoms. The van der Waals surface area contributed by atoms with E-state index in [0.29, 0.717) is 0 Å². The van der Waals surface area contributed by atoms with Gasteiger partial charge in [-0.15, -0.1) is 0 Å². The molecule has 2 aliphatic heterocycles. The van der Waals surface area contributed by atoms with E-state index in [9.17, 15) is 0 Å². The number of rotatable bonds is 10. The van der Waals surface area contributed by atoms with Crippen molar-refractivity contribution in [2.24, 2.45) is 0 Å². The van der Waals surface area contributed by atoms with Crippen LogP contribution < -0.4 is 9.13 Å². The largest absolute Gasteiger partial charge is 0.340 e. The van der Waals surface area contributed by atoms with Crippen LogP contribution >= 0.6 is 0 Å². The van der Waals surface area contributed by atoms with Crippen LogP contribution in [-0.4, -0.2) is 9.13 Å². The first-order valence-corrected chi connectivity index (χ1v) is 20.0. The number of benzene rings is 4. The summed E-state index contributed by atoms with van der Waals surface area (Å²) < 4.78 is 9.98. The molecule has 4 heteroatoms. The van der Waals surface area contributed by atoms with Gasteiger partial charge in [-0.2, -0.15) is 9.13 Å². The van der Waals surface area contributed by atoms with E-state index in [1.807, 2.05) is 0 Å². The second-order valence-corrected chi connectivity index (χ2v) is 15.1. The summed E-state index contributed by atoms with van der Waals surface area (Å²) in [6, 6.07) is 53.3. The maximum atomic E-state index is 2.60. The van der Waals surface area contributed by atoms with Gasteiger partial charge in [0.25, 0.3) is 0 Å². The quantitative estimate of drug-likeness (QED) is 0.0991. The molecule has 0 amide bonds. The molecule has 268 valence electrons. The minimum atomic E-state index is 0.978. The number of unbranched alkanes of at least 4 members (excludes halogenated alkanes) is 2. The number of aryl methyl sites for hydroxylation is 4. The van der Waals surface area contributed by atoms with Crippen molar-refractivity contribution in [3.8, 4) is 22.5 Å². The van der Waals surface area contributed by atoms with Crippen molar-refractivity contribution < 1.29 is 9.13 Å². The summed E-state index contributed by atoms with van der Waals surface area (Å²) in [5.74, 6) is 0. The SMILES string of the molecule is C(=C1/CC[n+]2ccccc21)/c1c(-c2ccccc2)n(CCCCCn2c(-c3ccccc3)c(/C=C3\CC[n+]4ccccc43)c3ccccc32)c2ccccc12. The number of pyridine rings is 2. The predicted octanol–water partition coefficient (Wildman–Crippen LogP) is 11.3. The van der Waals surface area contributed by atoms with Crippen molar-refractivity contribution >= 4 is 45.1 Å². The average molecular weight is 715 g/mol. The Morgan fingerprint density at radius 2 is 0.855 bits per heavy atom. The minimum Gasteiger partial charge on any atom is -0.340 e. The molecule has 0 bridgehead atoms. The summed E-state index contributed by atoms with van der Waals surface area (Å²) in [5, 5.41) is 2.67. The first kappa shape index (κ1) is 33.3. The third-order valence-electron chi connectivity index (χ3n) is 11.8. The van der Waals surface area contributed by atoms with Gasteiger partial charge in [0, 0.05) is 94.3 Å². The molecule has 4 nitrogen and oxygen atoms in total. The number of aromatic nitrogens is 4. The molecule has 0 saturated carbocycles. The summed E-state index contributed by atoms with van der Waals surface area (Å²) in [5.41, 5.74) is 16.0. The number of allylic oxidation sites excluding steroid dienone is 2. The zero-order valence-electron chi connectivity index (χ0n) is 31.3. The molecule has 0 radical (unpaired) electrons. The molecule has 4 aromatic heterocycles. The number of nitrogens with zero attached hydrogens (tertiary/aromatic N) is 4. The molecule has 4 aromatic carbocycles. The highest BCUT2D eigenvalue weighted by Gasteiger charge is 2.27. The van der Waals surface area contributed by atoms with Crippen molar-refractivity contribution in [1.82, 2.24) is 9.13 Å². The predicted molar refractivity (Wildman–Crippen MR) is 227 cm³/mol. The Balaban J connectivity index is 0.975. The van der Waals surface area contributed by atoms with E-state index in [2.05, 4.69) is 188 Å². The number of para-hydroxylation sites is 2. The zero-order valence-corrected chi connectivity index (χ0v) is 31.3. The Morgan fingerprint density at radius 3 is 1.33 bits per heavy atom. The highest BCUT2D eigenvalue weighted by molar-refractivity contribution is 6.02. The Hall–Kier alpha value is -6.26. The van der Waals surface area contributed by atoms with Crippen LogP contribution in [0.4, 0.5) is 0 Å². The Bertz CT molecular complexity index is 2540. The van der Waals surface area contributed by atoms with Crippen LogP contribution in [0.1, 0.15) is 54.6 Å². The minimum absolute atomic E-state index is 0.978. The Kier molecular flexibility index (Phi) is 8.80.